The number of amides is 1. The van der Waals surface area contributed by atoms with Gasteiger partial charge in [-0.15, -0.1) is 11.3 Å². The zero-order chi connectivity index (χ0) is 18.4. The van der Waals surface area contributed by atoms with Gasteiger partial charge >= 0.3 is 0 Å². The number of likely N-dealkylation sites (tertiary alicyclic amines) is 1. The highest BCUT2D eigenvalue weighted by Gasteiger charge is 2.14. The average molecular weight is 371 g/mol. The predicted molar refractivity (Wildman–Crippen MR) is 98.7 cm³/mol. The summed E-state index contributed by atoms with van der Waals surface area (Å²) in [5.74, 6) is -0.146. The Morgan fingerprint density at radius 1 is 1.38 bits per heavy atom. The molecule has 136 valence electrons. The summed E-state index contributed by atoms with van der Waals surface area (Å²) in [5.41, 5.74) is 1.26. The molecule has 8 heteroatoms. The highest BCUT2D eigenvalue weighted by molar-refractivity contribution is 7.13. The molecule has 1 aliphatic rings. The molecule has 0 unspecified atom stereocenters. The van der Waals surface area contributed by atoms with Crippen molar-refractivity contribution in [2.75, 3.05) is 26.2 Å². The fourth-order valence-electron chi connectivity index (χ4n) is 2.94. The molecule has 1 amide bonds. The summed E-state index contributed by atoms with van der Waals surface area (Å²) in [7, 11) is 0. The van der Waals surface area contributed by atoms with Gasteiger partial charge in [0.1, 0.15) is 22.5 Å². The van der Waals surface area contributed by atoms with Crippen LogP contribution in [0.1, 0.15) is 30.5 Å². The lowest BCUT2D eigenvalue weighted by Crippen LogP contribution is -2.38. The summed E-state index contributed by atoms with van der Waals surface area (Å²) in [6.45, 7) is 3.77. The van der Waals surface area contributed by atoms with Gasteiger partial charge in [-0.3, -0.25) is 4.79 Å². The van der Waals surface area contributed by atoms with E-state index in [1.165, 1.54) is 42.9 Å². The number of carbonyl (C=O) groups excluding carboxylic acids is 1. The molecule has 0 aromatic carbocycles. The summed E-state index contributed by atoms with van der Waals surface area (Å²) in [6.07, 6.45) is 5.38. The van der Waals surface area contributed by atoms with E-state index in [1.807, 2.05) is 6.07 Å². The van der Waals surface area contributed by atoms with Crippen LogP contribution in [0.25, 0.3) is 10.7 Å². The first kappa shape index (κ1) is 18.3. The van der Waals surface area contributed by atoms with E-state index in [1.54, 1.807) is 5.38 Å². The standard InChI is InChI=1S/C18H21N5O2S/c19-10-13-8-15(24)17(21-11-13)18-22-14(12-26-18)9-16(25)20-4-7-23-5-2-1-3-6-23/h8,11-12,24H,1-7,9H2,(H,20,25). The van der Waals surface area contributed by atoms with E-state index in [4.69, 9.17) is 5.26 Å². The van der Waals surface area contributed by atoms with E-state index in [2.05, 4.69) is 20.2 Å². The molecule has 26 heavy (non-hydrogen) atoms. The molecule has 2 N–H and O–H groups in total. The molecule has 0 atom stereocenters. The summed E-state index contributed by atoms with van der Waals surface area (Å²) in [4.78, 5) is 22.9. The summed E-state index contributed by atoms with van der Waals surface area (Å²) in [6, 6.07) is 3.28. The van der Waals surface area contributed by atoms with Gasteiger partial charge in [0.25, 0.3) is 0 Å². The number of nitriles is 1. The zero-order valence-electron chi connectivity index (χ0n) is 14.4. The van der Waals surface area contributed by atoms with Crippen molar-refractivity contribution in [1.82, 2.24) is 20.2 Å². The number of carbonyl (C=O) groups is 1. The fraction of sp³-hybridized carbons (Fsp3) is 0.444. The molecule has 1 fully saturated rings. The predicted octanol–water partition coefficient (Wildman–Crippen LogP) is 1.93. The number of nitrogens with one attached hydrogen (secondary N) is 1. The fourth-order valence-corrected chi connectivity index (χ4v) is 3.76. The molecule has 2 aromatic heterocycles. The molecular weight excluding hydrogens is 350 g/mol. The van der Waals surface area contributed by atoms with Crippen LogP contribution in [0, 0.1) is 11.3 Å². The van der Waals surface area contributed by atoms with Crippen molar-refractivity contribution in [1.29, 1.82) is 5.26 Å². The number of aromatic hydroxyl groups is 1. The Hall–Kier alpha value is -2.50. The monoisotopic (exact) mass is 371 g/mol. The van der Waals surface area contributed by atoms with E-state index in [-0.39, 0.29) is 23.6 Å². The molecule has 0 aliphatic carbocycles. The molecule has 0 spiro atoms. The normalized spacial score (nSPS) is 14.7. The highest BCUT2D eigenvalue weighted by atomic mass is 32.1. The van der Waals surface area contributed by atoms with Crippen molar-refractivity contribution in [3.63, 3.8) is 0 Å². The number of thiazole rings is 1. The first-order chi connectivity index (χ1) is 12.7. The van der Waals surface area contributed by atoms with E-state index < -0.39 is 0 Å². The van der Waals surface area contributed by atoms with E-state index in [0.29, 0.717) is 22.9 Å². The second kappa shape index (κ2) is 8.74. The van der Waals surface area contributed by atoms with Crippen LogP contribution in [-0.4, -0.2) is 52.1 Å². The zero-order valence-corrected chi connectivity index (χ0v) is 15.3. The van der Waals surface area contributed by atoms with Crippen molar-refractivity contribution in [2.45, 2.75) is 25.7 Å². The minimum absolute atomic E-state index is 0.0594. The molecule has 3 rings (SSSR count). The Labute approximate surface area is 156 Å². The highest BCUT2D eigenvalue weighted by Crippen LogP contribution is 2.30. The van der Waals surface area contributed by atoms with Gasteiger partial charge < -0.3 is 15.3 Å². The van der Waals surface area contributed by atoms with Gasteiger partial charge in [0, 0.05) is 30.7 Å². The van der Waals surface area contributed by atoms with Crippen LogP contribution >= 0.6 is 11.3 Å². The molecule has 7 nitrogen and oxygen atoms in total. The number of rotatable bonds is 6. The minimum Gasteiger partial charge on any atom is -0.506 e. The molecule has 2 aromatic rings. The smallest absolute Gasteiger partial charge is 0.226 e. The maximum absolute atomic E-state index is 12.1. The van der Waals surface area contributed by atoms with Crippen LogP contribution in [0.15, 0.2) is 17.6 Å². The average Bonchev–Trinajstić information content (AvgIpc) is 3.10. The topological polar surface area (TPSA) is 102 Å². The molecule has 0 saturated carbocycles. The Morgan fingerprint density at radius 2 is 2.19 bits per heavy atom. The molecule has 3 heterocycles. The van der Waals surface area contributed by atoms with Crippen molar-refractivity contribution in [3.8, 4) is 22.5 Å². The maximum atomic E-state index is 12.1. The molecule has 0 radical (unpaired) electrons. The number of aromatic nitrogens is 2. The second-order valence-electron chi connectivity index (χ2n) is 6.28. The van der Waals surface area contributed by atoms with Gasteiger partial charge in [0.05, 0.1) is 17.7 Å². The molecule has 0 bridgehead atoms. The Morgan fingerprint density at radius 3 is 2.92 bits per heavy atom. The SMILES string of the molecule is N#Cc1cnc(-c2nc(CC(=O)NCCN3CCCCC3)cs2)c(O)c1. The molecular formula is C18H21N5O2S. The minimum atomic E-state index is -0.0871. The van der Waals surface area contributed by atoms with Gasteiger partial charge in [0.15, 0.2) is 0 Å². The number of hydrogen-bond donors (Lipinski definition) is 2. The number of piperidine rings is 1. The number of pyridine rings is 1. The first-order valence-electron chi connectivity index (χ1n) is 8.68. The second-order valence-corrected chi connectivity index (χ2v) is 7.13. The van der Waals surface area contributed by atoms with Gasteiger partial charge in [-0.1, -0.05) is 6.42 Å². The third kappa shape index (κ3) is 4.77. The largest absolute Gasteiger partial charge is 0.506 e. The third-order valence-electron chi connectivity index (χ3n) is 4.29. The van der Waals surface area contributed by atoms with E-state index >= 15 is 0 Å². The lowest BCUT2D eigenvalue weighted by atomic mass is 10.1. The lowest BCUT2D eigenvalue weighted by molar-refractivity contribution is -0.120. The summed E-state index contributed by atoms with van der Waals surface area (Å²) < 4.78 is 0. The Balaban J connectivity index is 1.51. The summed E-state index contributed by atoms with van der Waals surface area (Å²) in [5, 5.41) is 24.1. The Bertz CT molecular complexity index is 808. The van der Waals surface area contributed by atoms with Gasteiger partial charge in [-0.25, -0.2) is 9.97 Å². The van der Waals surface area contributed by atoms with Crippen molar-refractivity contribution >= 4 is 17.2 Å². The van der Waals surface area contributed by atoms with Crippen LogP contribution < -0.4 is 5.32 Å². The molecule has 1 aliphatic heterocycles. The quantitative estimate of drug-likeness (QED) is 0.804. The Kier molecular flexibility index (Phi) is 6.15. The van der Waals surface area contributed by atoms with Gasteiger partial charge in [0.2, 0.25) is 5.91 Å². The van der Waals surface area contributed by atoms with Crippen molar-refractivity contribution in [2.24, 2.45) is 0 Å². The third-order valence-corrected chi connectivity index (χ3v) is 5.19. The first-order valence-corrected chi connectivity index (χ1v) is 9.56. The maximum Gasteiger partial charge on any atom is 0.226 e. The van der Waals surface area contributed by atoms with Crippen LogP contribution in [0.5, 0.6) is 5.75 Å². The molecule has 1 saturated heterocycles. The summed E-state index contributed by atoms with van der Waals surface area (Å²) >= 11 is 1.31. The van der Waals surface area contributed by atoms with Crippen LogP contribution in [-0.2, 0) is 11.2 Å². The van der Waals surface area contributed by atoms with Crippen LogP contribution in [0.2, 0.25) is 0 Å². The lowest BCUT2D eigenvalue weighted by Gasteiger charge is -2.26. The van der Waals surface area contributed by atoms with Crippen LogP contribution in [0.4, 0.5) is 0 Å². The van der Waals surface area contributed by atoms with Crippen LogP contribution in [0.3, 0.4) is 0 Å². The van der Waals surface area contributed by atoms with Crippen molar-refractivity contribution in [3.05, 3.63) is 28.9 Å². The van der Waals surface area contributed by atoms with Gasteiger partial charge in [-0.05, 0) is 25.9 Å². The number of nitrogens with zero attached hydrogens (tertiary/aromatic N) is 4. The van der Waals surface area contributed by atoms with Crippen molar-refractivity contribution < 1.29 is 9.90 Å². The van der Waals surface area contributed by atoms with Gasteiger partial charge in [-0.2, -0.15) is 5.26 Å². The number of hydrogen-bond acceptors (Lipinski definition) is 7. The van der Waals surface area contributed by atoms with E-state index in [0.717, 1.165) is 19.6 Å². The van der Waals surface area contributed by atoms with E-state index in [9.17, 15) is 9.90 Å².